The Labute approximate surface area is 136 Å². The summed E-state index contributed by atoms with van der Waals surface area (Å²) in [5.41, 5.74) is 0.942. The number of rotatable bonds is 4. The summed E-state index contributed by atoms with van der Waals surface area (Å²) in [4.78, 5) is 27.5. The normalized spacial score (nSPS) is 16.1. The molecule has 1 heterocycles. The number of hydrogen-bond donors (Lipinski definition) is 0. The van der Waals surface area contributed by atoms with Crippen molar-refractivity contribution in [2.75, 3.05) is 32.8 Å². The molecule has 2 amide bonds. The van der Waals surface area contributed by atoms with Crippen molar-refractivity contribution < 1.29 is 18.7 Å². The molecule has 0 aliphatic carbocycles. The van der Waals surface area contributed by atoms with Crippen molar-refractivity contribution in [1.82, 2.24) is 9.80 Å². The molecule has 1 aliphatic heterocycles. The van der Waals surface area contributed by atoms with Crippen LogP contribution in [0, 0.1) is 11.7 Å². The molecule has 126 valence electrons. The summed E-state index contributed by atoms with van der Waals surface area (Å²) in [6, 6.07) is 6.23. The summed E-state index contributed by atoms with van der Waals surface area (Å²) >= 11 is 0. The largest absolute Gasteiger partial charge is 0.450 e. The third-order valence-corrected chi connectivity index (χ3v) is 3.99. The fourth-order valence-corrected chi connectivity index (χ4v) is 2.70. The second-order valence-corrected chi connectivity index (χ2v) is 5.74. The molecule has 1 aliphatic rings. The average Bonchev–Trinajstić information content (AvgIpc) is 2.56. The molecule has 2 rings (SSSR count). The van der Waals surface area contributed by atoms with Crippen LogP contribution in [0.2, 0.25) is 0 Å². The maximum Gasteiger partial charge on any atom is 0.409 e. The van der Waals surface area contributed by atoms with Crippen molar-refractivity contribution in [2.24, 2.45) is 5.92 Å². The quantitative estimate of drug-likeness (QED) is 0.855. The van der Waals surface area contributed by atoms with E-state index in [1.165, 1.54) is 12.1 Å². The lowest BCUT2D eigenvalue weighted by molar-refractivity contribution is -0.136. The van der Waals surface area contributed by atoms with Crippen LogP contribution in [-0.4, -0.2) is 54.6 Å². The number of piperazine rings is 1. The number of amides is 2. The van der Waals surface area contributed by atoms with E-state index in [9.17, 15) is 14.0 Å². The molecule has 1 aromatic rings. The van der Waals surface area contributed by atoms with Crippen LogP contribution in [-0.2, 0) is 16.0 Å². The van der Waals surface area contributed by atoms with Gasteiger partial charge in [0.25, 0.3) is 0 Å². The minimum absolute atomic E-state index is 0.0674. The second-order valence-electron chi connectivity index (χ2n) is 5.74. The van der Waals surface area contributed by atoms with E-state index in [-0.39, 0.29) is 23.7 Å². The summed E-state index contributed by atoms with van der Waals surface area (Å²) in [7, 11) is 0. The van der Waals surface area contributed by atoms with E-state index < -0.39 is 0 Å². The van der Waals surface area contributed by atoms with Crippen LogP contribution in [0.25, 0.3) is 0 Å². The van der Waals surface area contributed by atoms with Crippen LogP contribution in [0.3, 0.4) is 0 Å². The maximum absolute atomic E-state index is 12.9. The van der Waals surface area contributed by atoms with Crippen molar-refractivity contribution in [3.05, 3.63) is 35.6 Å². The summed E-state index contributed by atoms with van der Waals surface area (Å²) in [6.07, 6.45) is 0.260. The highest BCUT2D eigenvalue weighted by atomic mass is 19.1. The van der Waals surface area contributed by atoms with Gasteiger partial charge in [-0.3, -0.25) is 4.79 Å². The van der Waals surface area contributed by atoms with Crippen LogP contribution in [0.5, 0.6) is 0 Å². The second kappa shape index (κ2) is 7.94. The highest BCUT2D eigenvalue weighted by Gasteiger charge is 2.27. The molecule has 0 aromatic heterocycles. The molecule has 1 saturated heterocycles. The first kappa shape index (κ1) is 17.2. The van der Waals surface area contributed by atoms with E-state index in [1.54, 1.807) is 28.9 Å². The monoisotopic (exact) mass is 322 g/mol. The molecule has 0 saturated carbocycles. The molecule has 23 heavy (non-hydrogen) atoms. The first-order valence-corrected chi connectivity index (χ1v) is 7.96. The number of carbonyl (C=O) groups is 2. The Morgan fingerprint density at radius 2 is 1.70 bits per heavy atom. The van der Waals surface area contributed by atoms with Crippen LogP contribution >= 0.6 is 0 Å². The molecule has 0 N–H and O–H groups in total. The summed E-state index contributed by atoms with van der Waals surface area (Å²) in [5, 5.41) is 0. The number of halogens is 1. The zero-order chi connectivity index (χ0) is 16.8. The highest BCUT2D eigenvalue weighted by Crippen LogP contribution is 2.14. The van der Waals surface area contributed by atoms with Crippen LogP contribution < -0.4 is 0 Å². The van der Waals surface area contributed by atoms with Gasteiger partial charge >= 0.3 is 6.09 Å². The predicted molar refractivity (Wildman–Crippen MR) is 84.4 cm³/mol. The molecular weight excluding hydrogens is 299 g/mol. The zero-order valence-corrected chi connectivity index (χ0v) is 13.6. The standard InChI is InChI=1S/C17H23FN2O3/c1-3-23-17(22)20-10-8-19(9-11-20)16(21)13(2)12-14-4-6-15(18)7-5-14/h4-7,13H,3,8-12H2,1-2H3. The van der Waals surface area contributed by atoms with E-state index in [0.717, 1.165) is 5.56 Å². The van der Waals surface area contributed by atoms with Gasteiger partial charge in [-0.1, -0.05) is 19.1 Å². The molecule has 1 fully saturated rings. The van der Waals surface area contributed by atoms with Gasteiger partial charge in [-0.25, -0.2) is 9.18 Å². The van der Waals surface area contributed by atoms with Crippen molar-refractivity contribution in [3.8, 4) is 0 Å². The Morgan fingerprint density at radius 1 is 1.13 bits per heavy atom. The zero-order valence-electron chi connectivity index (χ0n) is 13.6. The highest BCUT2D eigenvalue weighted by molar-refractivity contribution is 5.79. The Morgan fingerprint density at radius 3 is 2.26 bits per heavy atom. The minimum Gasteiger partial charge on any atom is -0.450 e. The number of hydrogen-bond acceptors (Lipinski definition) is 3. The van der Waals surface area contributed by atoms with Gasteiger partial charge in [-0.05, 0) is 31.0 Å². The molecular formula is C17H23FN2O3. The Kier molecular flexibility index (Phi) is 5.96. The molecule has 0 radical (unpaired) electrons. The van der Waals surface area contributed by atoms with E-state index in [0.29, 0.717) is 39.2 Å². The lowest BCUT2D eigenvalue weighted by Crippen LogP contribution is -2.52. The Bertz CT molecular complexity index is 539. The first-order chi connectivity index (χ1) is 11.0. The molecule has 1 aromatic carbocycles. The minimum atomic E-state index is -0.320. The molecule has 1 unspecified atom stereocenters. The molecule has 0 spiro atoms. The van der Waals surface area contributed by atoms with Crippen LogP contribution in [0.4, 0.5) is 9.18 Å². The van der Waals surface area contributed by atoms with Gasteiger partial charge in [-0.15, -0.1) is 0 Å². The topological polar surface area (TPSA) is 49.9 Å². The van der Waals surface area contributed by atoms with Gasteiger partial charge < -0.3 is 14.5 Å². The number of nitrogens with zero attached hydrogens (tertiary/aromatic N) is 2. The van der Waals surface area contributed by atoms with Crippen molar-refractivity contribution in [1.29, 1.82) is 0 Å². The smallest absolute Gasteiger partial charge is 0.409 e. The number of ether oxygens (including phenoxy) is 1. The summed E-state index contributed by atoms with van der Waals surface area (Å²) in [6.45, 7) is 6.03. The predicted octanol–water partition coefficient (Wildman–Crippen LogP) is 2.31. The molecule has 1 atom stereocenters. The Balaban J connectivity index is 1.84. The van der Waals surface area contributed by atoms with Gasteiger partial charge in [0, 0.05) is 32.1 Å². The van der Waals surface area contributed by atoms with Crippen molar-refractivity contribution >= 4 is 12.0 Å². The lowest BCUT2D eigenvalue weighted by Gasteiger charge is -2.35. The Hall–Kier alpha value is -2.11. The van der Waals surface area contributed by atoms with E-state index in [2.05, 4.69) is 0 Å². The number of benzene rings is 1. The van der Waals surface area contributed by atoms with Gasteiger partial charge in [0.2, 0.25) is 5.91 Å². The van der Waals surface area contributed by atoms with Crippen LogP contribution in [0.1, 0.15) is 19.4 Å². The van der Waals surface area contributed by atoms with Gasteiger partial charge in [0.1, 0.15) is 5.82 Å². The van der Waals surface area contributed by atoms with E-state index >= 15 is 0 Å². The summed E-state index contributed by atoms with van der Waals surface area (Å²) in [5.74, 6) is -0.379. The molecule has 6 heteroatoms. The maximum atomic E-state index is 12.9. The molecule has 5 nitrogen and oxygen atoms in total. The summed E-state index contributed by atoms with van der Waals surface area (Å²) < 4.78 is 17.9. The van der Waals surface area contributed by atoms with Crippen molar-refractivity contribution in [2.45, 2.75) is 20.3 Å². The lowest BCUT2D eigenvalue weighted by atomic mass is 9.99. The fraction of sp³-hybridized carbons (Fsp3) is 0.529. The third kappa shape index (κ3) is 4.68. The van der Waals surface area contributed by atoms with Gasteiger partial charge in [0.15, 0.2) is 0 Å². The van der Waals surface area contributed by atoms with Gasteiger partial charge in [-0.2, -0.15) is 0 Å². The molecule has 0 bridgehead atoms. The van der Waals surface area contributed by atoms with E-state index in [4.69, 9.17) is 4.74 Å². The third-order valence-electron chi connectivity index (χ3n) is 3.99. The fourth-order valence-electron chi connectivity index (χ4n) is 2.70. The van der Waals surface area contributed by atoms with Gasteiger partial charge in [0.05, 0.1) is 6.61 Å². The van der Waals surface area contributed by atoms with E-state index in [1.807, 2.05) is 6.92 Å². The van der Waals surface area contributed by atoms with Crippen LogP contribution in [0.15, 0.2) is 24.3 Å². The van der Waals surface area contributed by atoms with Crippen molar-refractivity contribution in [3.63, 3.8) is 0 Å². The average molecular weight is 322 g/mol. The number of carbonyl (C=O) groups excluding carboxylic acids is 2. The SMILES string of the molecule is CCOC(=O)N1CCN(C(=O)C(C)Cc2ccc(F)cc2)CC1. The first-order valence-electron chi connectivity index (χ1n) is 7.96.